The first-order valence-electron chi connectivity index (χ1n) is 5.97. The minimum atomic E-state index is -2.29. The molecule has 0 saturated carbocycles. The first-order chi connectivity index (χ1) is 10.2. The van der Waals surface area contributed by atoms with E-state index in [2.05, 4.69) is 5.10 Å². The third-order valence-electron chi connectivity index (χ3n) is 2.61. The molecule has 0 heterocycles. The number of phenols is 1. The van der Waals surface area contributed by atoms with Crippen molar-refractivity contribution in [2.45, 2.75) is 12.5 Å². The first-order valence-corrected chi connectivity index (χ1v) is 5.97. The number of benzene rings is 1. The van der Waals surface area contributed by atoms with Gasteiger partial charge < -0.3 is 20.7 Å². The lowest BCUT2D eigenvalue weighted by atomic mass is 9.94. The Morgan fingerprint density at radius 2 is 2.05 bits per heavy atom. The molecule has 9 heteroatoms. The number of ketones is 2. The van der Waals surface area contributed by atoms with Gasteiger partial charge in [0, 0.05) is 6.07 Å². The van der Waals surface area contributed by atoms with Crippen molar-refractivity contribution in [3.05, 3.63) is 23.8 Å². The van der Waals surface area contributed by atoms with E-state index in [4.69, 9.17) is 10.5 Å². The van der Waals surface area contributed by atoms with Crippen LogP contribution in [-0.4, -0.2) is 46.7 Å². The van der Waals surface area contributed by atoms with Crippen molar-refractivity contribution >= 4 is 23.8 Å². The summed E-state index contributed by atoms with van der Waals surface area (Å²) in [5.74, 6) is -2.56. The van der Waals surface area contributed by atoms with Gasteiger partial charge in [-0.2, -0.15) is 5.10 Å². The van der Waals surface area contributed by atoms with Crippen molar-refractivity contribution in [1.82, 2.24) is 5.43 Å². The number of carbonyl (C=O) groups excluding carboxylic acids is 3. The van der Waals surface area contributed by atoms with Crippen molar-refractivity contribution in [2.24, 2.45) is 10.8 Å². The molecule has 0 saturated heterocycles. The second-order valence-corrected chi connectivity index (χ2v) is 4.42. The highest BCUT2D eigenvalue weighted by molar-refractivity contribution is 6.49. The van der Waals surface area contributed by atoms with E-state index in [0.717, 1.165) is 13.0 Å². The Morgan fingerprint density at radius 3 is 2.55 bits per heavy atom. The molecule has 1 rings (SSSR count). The topological polar surface area (TPSA) is 151 Å². The molecule has 5 N–H and O–H groups in total. The number of methoxy groups -OCH3 is 1. The zero-order valence-electron chi connectivity index (χ0n) is 11.9. The molecule has 1 aromatic rings. The lowest BCUT2D eigenvalue weighted by molar-refractivity contribution is -0.125. The summed E-state index contributed by atoms with van der Waals surface area (Å²) in [6.45, 7) is 1.000. The lowest BCUT2D eigenvalue weighted by Crippen LogP contribution is -2.42. The summed E-state index contributed by atoms with van der Waals surface area (Å²) in [5, 5.41) is 22.9. The Labute approximate surface area is 125 Å². The molecule has 0 aliphatic heterocycles. The van der Waals surface area contributed by atoms with Gasteiger partial charge in [-0.3, -0.25) is 9.59 Å². The van der Waals surface area contributed by atoms with Crippen LogP contribution >= 0.6 is 0 Å². The number of rotatable bonds is 6. The second kappa shape index (κ2) is 6.68. The summed E-state index contributed by atoms with van der Waals surface area (Å²) in [6.07, 6.45) is 0.651. The van der Waals surface area contributed by atoms with Crippen molar-refractivity contribution in [1.29, 1.82) is 0 Å². The molecule has 9 nitrogen and oxygen atoms in total. The van der Waals surface area contributed by atoms with E-state index in [1.54, 1.807) is 5.43 Å². The average molecular weight is 309 g/mol. The highest BCUT2D eigenvalue weighted by Crippen LogP contribution is 2.24. The number of urea groups is 1. The Kier molecular flexibility index (Phi) is 5.19. The molecule has 0 aliphatic carbocycles. The van der Waals surface area contributed by atoms with Gasteiger partial charge in [-0.1, -0.05) is 0 Å². The van der Waals surface area contributed by atoms with E-state index in [9.17, 15) is 24.6 Å². The van der Waals surface area contributed by atoms with E-state index in [-0.39, 0.29) is 5.56 Å². The molecule has 0 bridgehead atoms. The molecule has 118 valence electrons. The highest BCUT2D eigenvalue weighted by Gasteiger charge is 2.35. The summed E-state index contributed by atoms with van der Waals surface area (Å²) in [7, 11) is 1.37. The number of hydrogen-bond donors (Lipinski definition) is 4. The third-order valence-corrected chi connectivity index (χ3v) is 2.61. The van der Waals surface area contributed by atoms with Gasteiger partial charge >= 0.3 is 6.03 Å². The molecular formula is C13H15N3O6. The molecule has 0 aromatic heterocycles. The molecule has 0 fully saturated rings. The third kappa shape index (κ3) is 4.03. The number of aromatic hydroxyl groups is 1. The number of carbonyl (C=O) groups is 3. The molecule has 1 unspecified atom stereocenters. The largest absolute Gasteiger partial charge is 0.507 e. The van der Waals surface area contributed by atoms with Crippen molar-refractivity contribution in [3.8, 4) is 11.5 Å². The van der Waals surface area contributed by atoms with Crippen LogP contribution in [0.15, 0.2) is 23.3 Å². The molecule has 0 aliphatic rings. The number of hydrazone groups is 1. The summed E-state index contributed by atoms with van der Waals surface area (Å²) in [5.41, 5.74) is 3.95. The maximum absolute atomic E-state index is 12.0. The van der Waals surface area contributed by atoms with Gasteiger partial charge in [-0.25, -0.2) is 10.2 Å². The number of nitrogens with one attached hydrogen (secondary N) is 1. The van der Waals surface area contributed by atoms with E-state index in [1.807, 2.05) is 0 Å². The van der Waals surface area contributed by atoms with Crippen molar-refractivity contribution in [2.75, 3.05) is 7.11 Å². The van der Waals surface area contributed by atoms with Gasteiger partial charge in [0.15, 0.2) is 5.60 Å². The smallest absolute Gasteiger partial charge is 0.332 e. The number of ether oxygens (including phenoxy) is 1. The number of Topliss-reactive ketones (excluding diaryl/α,β-unsaturated/α-hetero) is 2. The number of hydrogen-bond acceptors (Lipinski definition) is 7. The Morgan fingerprint density at radius 1 is 1.41 bits per heavy atom. The van der Waals surface area contributed by atoms with Crippen LogP contribution in [0.4, 0.5) is 4.79 Å². The van der Waals surface area contributed by atoms with Crippen molar-refractivity contribution in [3.63, 3.8) is 0 Å². The maximum atomic E-state index is 12.0. The van der Waals surface area contributed by atoms with E-state index in [1.165, 1.54) is 19.2 Å². The molecule has 1 aromatic carbocycles. The molecule has 1 atom stereocenters. The summed E-state index contributed by atoms with van der Waals surface area (Å²) < 4.78 is 4.85. The molecule has 2 amide bonds. The Bertz CT molecular complexity index is 639. The zero-order valence-corrected chi connectivity index (χ0v) is 11.9. The van der Waals surface area contributed by atoms with Crippen LogP contribution in [0.1, 0.15) is 17.3 Å². The highest BCUT2D eigenvalue weighted by atomic mass is 16.5. The predicted molar refractivity (Wildman–Crippen MR) is 75.8 cm³/mol. The van der Waals surface area contributed by atoms with Crippen LogP contribution in [0.25, 0.3) is 0 Å². The average Bonchev–Trinajstić information content (AvgIpc) is 2.44. The maximum Gasteiger partial charge on any atom is 0.332 e. The summed E-state index contributed by atoms with van der Waals surface area (Å²) in [4.78, 5) is 34.4. The van der Waals surface area contributed by atoms with E-state index < -0.39 is 28.9 Å². The predicted octanol–water partition coefficient (Wildman–Crippen LogP) is -0.442. The van der Waals surface area contributed by atoms with E-state index >= 15 is 0 Å². The fraction of sp³-hybridized carbons (Fsp3) is 0.231. The quantitative estimate of drug-likeness (QED) is 0.242. The van der Waals surface area contributed by atoms with Gasteiger partial charge in [0.1, 0.15) is 11.5 Å². The Balaban J connectivity index is 2.99. The molecule has 0 spiro atoms. The van der Waals surface area contributed by atoms with Gasteiger partial charge in [0.25, 0.3) is 0 Å². The van der Waals surface area contributed by atoms with Gasteiger partial charge in [0.2, 0.25) is 11.6 Å². The van der Waals surface area contributed by atoms with Crippen LogP contribution in [0.5, 0.6) is 11.5 Å². The second-order valence-electron chi connectivity index (χ2n) is 4.42. The normalized spacial score (nSPS) is 13.4. The number of phenolic OH excluding ortho intramolecular Hbond substituents is 1. The summed E-state index contributed by atoms with van der Waals surface area (Å²) >= 11 is 0. The fourth-order valence-corrected chi connectivity index (χ4v) is 1.46. The van der Waals surface area contributed by atoms with Crippen LogP contribution in [0.3, 0.4) is 0 Å². The minimum Gasteiger partial charge on any atom is -0.507 e. The van der Waals surface area contributed by atoms with E-state index in [0.29, 0.717) is 12.0 Å². The minimum absolute atomic E-state index is 0.292. The molecular weight excluding hydrogens is 294 g/mol. The first kappa shape index (κ1) is 17.1. The number of nitrogens with two attached hydrogens (primary N) is 1. The number of aliphatic hydroxyl groups is 1. The Hall–Kier alpha value is -2.94. The van der Waals surface area contributed by atoms with Crippen LogP contribution in [0, 0.1) is 0 Å². The van der Waals surface area contributed by atoms with Gasteiger partial charge in [-0.05, 0) is 19.1 Å². The monoisotopic (exact) mass is 309 g/mol. The standard InChI is InChI=1S/C13H15N3O6/c1-13(21,6-15-16-12(14)20)11(19)10(18)8-4-3-7(22-2)5-9(8)17/h3-6,17,21H,1-2H3,(H3,14,16,20)/b15-6+. The van der Waals surface area contributed by atoms with Crippen LogP contribution in [0.2, 0.25) is 0 Å². The number of nitrogens with zero attached hydrogens (tertiary/aromatic N) is 1. The SMILES string of the molecule is COc1ccc(C(=O)C(=O)C(C)(O)/C=N/NC(N)=O)c(O)c1. The van der Waals surface area contributed by atoms with Crippen LogP contribution in [-0.2, 0) is 4.79 Å². The number of amides is 2. The molecule has 0 radical (unpaired) electrons. The zero-order chi connectivity index (χ0) is 16.9. The van der Waals surface area contributed by atoms with Gasteiger partial charge in [-0.15, -0.1) is 0 Å². The van der Waals surface area contributed by atoms with Gasteiger partial charge in [0.05, 0.1) is 18.9 Å². The summed E-state index contributed by atoms with van der Waals surface area (Å²) in [6, 6.07) is 2.71. The van der Waals surface area contributed by atoms with Crippen LogP contribution < -0.4 is 15.9 Å². The molecule has 22 heavy (non-hydrogen) atoms. The lowest BCUT2D eigenvalue weighted by Gasteiger charge is -2.15. The van der Waals surface area contributed by atoms with Crippen molar-refractivity contribution < 1.29 is 29.3 Å². The number of primary amides is 1. The fourth-order valence-electron chi connectivity index (χ4n) is 1.46.